The highest BCUT2D eigenvalue weighted by molar-refractivity contribution is 5.46. The molecule has 0 bridgehead atoms. The summed E-state index contributed by atoms with van der Waals surface area (Å²) in [6.45, 7) is 1.93. The average Bonchev–Trinajstić information content (AvgIpc) is 2.89. The Bertz CT molecular complexity index is 668. The van der Waals surface area contributed by atoms with Crippen molar-refractivity contribution in [2.45, 2.75) is 38.3 Å². The molecule has 1 fully saturated rings. The molecule has 5 nitrogen and oxygen atoms in total. The first-order valence-electron chi connectivity index (χ1n) is 8.66. The lowest BCUT2D eigenvalue weighted by molar-refractivity contribution is 0.185. The largest absolute Gasteiger partial charge is 0.493 e. The van der Waals surface area contributed by atoms with Gasteiger partial charge >= 0.3 is 0 Å². The van der Waals surface area contributed by atoms with E-state index in [2.05, 4.69) is 22.1 Å². The molecule has 0 saturated carbocycles. The number of rotatable bonds is 5. The molecule has 0 aliphatic carbocycles. The van der Waals surface area contributed by atoms with Crippen molar-refractivity contribution in [3.8, 4) is 11.5 Å². The molecule has 3 rings (SSSR count). The average molecular weight is 329 g/mol. The predicted molar refractivity (Wildman–Crippen MR) is 94.4 cm³/mol. The molecule has 2 heterocycles. The molecule has 0 N–H and O–H groups in total. The third-order valence-electron chi connectivity index (χ3n) is 4.80. The summed E-state index contributed by atoms with van der Waals surface area (Å²) in [6, 6.07) is 8.61. The van der Waals surface area contributed by atoms with E-state index < -0.39 is 0 Å². The van der Waals surface area contributed by atoms with Gasteiger partial charge in [0.1, 0.15) is 0 Å². The second-order valence-electron chi connectivity index (χ2n) is 6.40. The molecule has 24 heavy (non-hydrogen) atoms. The Kier molecular flexibility index (Phi) is 5.41. The van der Waals surface area contributed by atoms with Gasteiger partial charge in [-0.1, -0.05) is 25.0 Å². The molecule has 2 aromatic rings. The number of para-hydroxylation sites is 1. The van der Waals surface area contributed by atoms with Gasteiger partial charge in [0.05, 0.1) is 26.0 Å². The lowest BCUT2D eigenvalue weighted by Crippen LogP contribution is -2.28. The Balaban J connectivity index is 1.88. The minimum atomic E-state index is 0.365. The Morgan fingerprint density at radius 1 is 1.12 bits per heavy atom. The molecule has 1 atom stereocenters. The van der Waals surface area contributed by atoms with Crippen LogP contribution in [0.2, 0.25) is 0 Å². The highest BCUT2D eigenvalue weighted by atomic mass is 16.5. The minimum absolute atomic E-state index is 0.365. The van der Waals surface area contributed by atoms with E-state index in [9.17, 15) is 0 Å². The number of aryl methyl sites for hydroxylation is 1. The van der Waals surface area contributed by atoms with Crippen LogP contribution in [0, 0.1) is 0 Å². The zero-order chi connectivity index (χ0) is 16.9. The number of benzene rings is 1. The molecule has 0 radical (unpaired) electrons. The number of hydrogen-bond acceptors (Lipinski definition) is 4. The third-order valence-corrected chi connectivity index (χ3v) is 4.80. The summed E-state index contributed by atoms with van der Waals surface area (Å²) in [5, 5.41) is 4.66. The molecule has 1 aromatic heterocycles. The van der Waals surface area contributed by atoms with Crippen LogP contribution >= 0.6 is 0 Å². The van der Waals surface area contributed by atoms with Crippen molar-refractivity contribution in [1.29, 1.82) is 0 Å². The van der Waals surface area contributed by atoms with Gasteiger partial charge in [-0.05, 0) is 31.5 Å². The monoisotopic (exact) mass is 329 g/mol. The Morgan fingerprint density at radius 2 is 2.00 bits per heavy atom. The van der Waals surface area contributed by atoms with Gasteiger partial charge in [0.25, 0.3) is 0 Å². The summed E-state index contributed by atoms with van der Waals surface area (Å²) in [4.78, 5) is 2.53. The number of ether oxygens (including phenoxy) is 2. The van der Waals surface area contributed by atoms with E-state index in [1.54, 1.807) is 14.2 Å². The summed E-state index contributed by atoms with van der Waals surface area (Å²) >= 11 is 0. The lowest BCUT2D eigenvalue weighted by Gasteiger charge is -2.29. The molecular formula is C19H27N3O2. The van der Waals surface area contributed by atoms with Gasteiger partial charge in [-0.3, -0.25) is 9.58 Å². The zero-order valence-electron chi connectivity index (χ0n) is 14.9. The fourth-order valence-corrected chi connectivity index (χ4v) is 3.60. The summed E-state index contributed by atoms with van der Waals surface area (Å²) < 4.78 is 13.0. The minimum Gasteiger partial charge on any atom is -0.493 e. The summed E-state index contributed by atoms with van der Waals surface area (Å²) in [6.07, 6.45) is 6.96. The first-order valence-corrected chi connectivity index (χ1v) is 8.66. The van der Waals surface area contributed by atoms with Gasteiger partial charge < -0.3 is 9.47 Å². The van der Waals surface area contributed by atoms with Crippen LogP contribution in [0.25, 0.3) is 0 Å². The number of likely N-dealkylation sites (tertiary alicyclic amines) is 1. The fraction of sp³-hybridized carbons (Fsp3) is 0.526. The lowest BCUT2D eigenvalue weighted by atomic mass is 10.1. The van der Waals surface area contributed by atoms with Crippen molar-refractivity contribution in [1.82, 2.24) is 14.7 Å². The molecular weight excluding hydrogens is 302 g/mol. The molecule has 1 aromatic carbocycles. The quantitative estimate of drug-likeness (QED) is 0.841. The zero-order valence-corrected chi connectivity index (χ0v) is 14.9. The first-order chi connectivity index (χ1) is 11.7. The fourth-order valence-electron chi connectivity index (χ4n) is 3.60. The maximum absolute atomic E-state index is 5.61. The second kappa shape index (κ2) is 7.71. The smallest absolute Gasteiger partial charge is 0.165 e. The molecule has 1 saturated heterocycles. The molecule has 1 aliphatic rings. The van der Waals surface area contributed by atoms with Crippen LogP contribution in [0.1, 0.15) is 43.0 Å². The van der Waals surface area contributed by atoms with Crippen LogP contribution in [-0.4, -0.2) is 35.4 Å². The molecule has 1 unspecified atom stereocenters. The normalized spacial score (nSPS) is 19.0. The Hall–Kier alpha value is -2.01. The maximum Gasteiger partial charge on any atom is 0.165 e. The van der Waals surface area contributed by atoms with Crippen molar-refractivity contribution in [2.75, 3.05) is 20.8 Å². The predicted octanol–water partition coefficient (Wildman–Crippen LogP) is 3.55. The van der Waals surface area contributed by atoms with Crippen molar-refractivity contribution >= 4 is 0 Å². The van der Waals surface area contributed by atoms with Crippen molar-refractivity contribution in [2.24, 2.45) is 7.05 Å². The number of methoxy groups -OCH3 is 2. The van der Waals surface area contributed by atoms with E-state index in [4.69, 9.17) is 9.47 Å². The summed E-state index contributed by atoms with van der Waals surface area (Å²) in [7, 11) is 5.37. The molecule has 0 spiro atoms. The third kappa shape index (κ3) is 3.56. The van der Waals surface area contributed by atoms with E-state index in [0.29, 0.717) is 6.04 Å². The SMILES string of the molecule is COc1cccc(CN2CCCCCC2c2ccn(C)n2)c1OC. The summed E-state index contributed by atoms with van der Waals surface area (Å²) in [5.41, 5.74) is 2.33. The van der Waals surface area contributed by atoms with E-state index in [-0.39, 0.29) is 0 Å². The Labute approximate surface area is 144 Å². The standard InChI is InChI=1S/C19H27N3O2/c1-21-13-11-16(20-21)17-9-5-4-6-12-22(17)14-15-8-7-10-18(23-2)19(15)24-3/h7-8,10-11,13,17H,4-6,9,12,14H2,1-3H3. The van der Waals surface area contributed by atoms with Crippen molar-refractivity contribution < 1.29 is 9.47 Å². The number of hydrogen-bond donors (Lipinski definition) is 0. The van der Waals surface area contributed by atoms with E-state index in [1.165, 1.54) is 30.5 Å². The summed E-state index contributed by atoms with van der Waals surface area (Å²) in [5.74, 6) is 1.63. The highest BCUT2D eigenvalue weighted by Crippen LogP contribution is 2.35. The van der Waals surface area contributed by atoms with Gasteiger partial charge in [0.15, 0.2) is 11.5 Å². The van der Waals surface area contributed by atoms with Crippen LogP contribution in [-0.2, 0) is 13.6 Å². The molecule has 1 aliphatic heterocycles. The van der Waals surface area contributed by atoms with E-state index in [0.717, 1.165) is 31.0 Å². The van der Waals surface area contributed by atoms with Crippen LogP contribution in [0.3, 0.4) is 0 Å². The van der Waals surface area contributed by atoms with Crippen LogP contribution < -0.4 is 9.47 Å². The van der Waals surface area contributed by atoms with Crippen molar-refractivity contribution in [3.63, 3.8) is 0 Å². The van der Waals surface area contributed by atoms with Gasteiger partial charge in [-0.25, -0.2) is 0 Å². The van der Waals surface area contributed by atoms with E-state index in [1.807, 2.05) is 30.1 Å². The number of nitrogens with zero attached hydrogens (tertiary/aromatic N) is 3. The maximum atomic E-state index is 5.61. The van der Waals surface area contributed by atoms with Crippen LogP contribution in [0.15, 0.2) is 30.5 Å². The molecule has 5 heteroatoms. The van der Waals surface area contributed by atoms with E-state index >= 15 is 0 Å². The van der Waals surface area contributed by atoms with Gasteiger partial charge in [0, 0.05) is 25.4 Å². The molecule has 0 amide bonds. The van der Waals surface area contributed by atoms with Gasteiger partial charge in [-0.15, -0.1) is 0 Å². The second-order valence-corrected chi connectivity index (χ2v) is 6.40. The molecule has 130 valence electrons. The van der Waals surface area contributed by atoms with Gasteiger partial charge in [0.2, 0.25) is 0 Å². The number of aromatic nitrogens is 2. The van der Waals surface area contributed by atoms with Gasteiger partial charge in [-0.2, -0.15) is 5.10 Å². The topological polar surface area (TPSA) is 39.5 Å². The van der Waals surface area contributed by atoms with Crippen LogP contribution in [0.5, 0.6) is 11.5 Å². The van der Waals surface area contributed by atoms with Crippen molar-refractivity contribution in [3.05, 3.63) is 41.7 Å². The first kappa shape index (κ1) is 16.8. The highest BCUT2D eigenvalue weighted by Gasteiger charge is 2.25. The van der Waals surface area contributed by atoms with Crippen LogP contribution in [0.4, 0.5) is 0 Å². The Morgan fingerprint density at radius 3 is 2.71 bits per heavy atom.